The number of carboxylic acids is 2. The first-order chi connectivity index (χ1) is 11.3. The predicted octanol–water partition coefficient (Wildman–Crippen LogP) is -0.940. The van der Waals surface area contributed by atoms with Crippen molar-refractivity contribution in [1.82, 2.24) is 16.0 Å². The Morgan fingerprint density at radius 3 is 2.04 bits per heavy atom. The van der Waals surface area contributed by atoms with E-state index in [-0.39, 0.29) is 0 Å². The van der Waals surface area contributed by atoms with E-state index < -0.39 is 60.5 Å². The molecule has 0 saturated heterocycles. The third-order valence-electron chi connectivity index (χ3n) is 2.55. The average molecular weight is 361 g/mol. The molecule has 142 valence electrons. The lowest BCUT2D eigenvalue weighted by molar-refractivity contribution is -0.143. The molecule has 2 atom stereocenters. The average Bonchev–Trinajstić information content (AvgIpc) is 2.41. The Morgan fingerprint density at radius 1 is 1.04 bits per heavy atom. The Kier molecular flexibility index (Phi) is 8.37. The van der Waals surface area contributed by atoms with Crippen molar-refractivity contribution >= 4 is 29.8 Å². The molecule has 5 N–H and O–H groups in total. The zero-order valence-corrected chi connectivity index (χ0v) is 14.4. The van der Waals surface area contributed by atoms with Crippen LogP contribution < -0.4 is 16.0 Å². The van der Waals surface area contributed by atoms with Crippen LogP contribution in [0.1, 0.15) is 34.1 Å². The van der Waals surface area contributed by atoms with Gasteiger partial charge in [-0.2, -0.15) is 0 Å². The summed E-state index contributed by atoms with van der Waals surface area (Å²) in [6.45, 7) is 5.52. The van der Waals surface area contributed by atoms with Crippen LogP contribution >= 0.6 is 0 Å². The third kappa shape index (κ3) is 10.5. The number of nitrogens with one attached hydrogen (secondary N) is 3. The minimum Gasteiger partial charge on any atom is -0.481 e. The van der Waals surface area contributed by atoms with Crippen LogP contribution in [-0.2, 0) is 23.9 Å². The molecule has 0 fully saturated rings. The molecule has 0 aromatic carbocycles. The maximum atomic E-state index is 11.9. The highest BCUT2D eigenvalue weighted by atomic mass is 16.6. The highest BCUT2D eigenvalue weighted by Gasteiger charge is 2.26. The lowest BCUT2D eigenvalue weighted by atomic mass is 10.1. The van der Waals surface area contributed by atoms with Crippen LogP contribution in [0.25, 0.3) is 0 Å². The maximum Gasteiger partial charge on any atom is 0.408 e. The SMILES string of the molecule is CC(NC(=O)C(CC(=O)O)NC(=O)CNC(=O)OC(C)(C)C)C(=O)O. The number of rotatable bonds is 8. The fraction of sp³-hybridized carbons (Fsp3) is 0.643. The van der Waals surface area contributed by atoms with Gasteiger partial charge in [0, 0.05) is 0 Å². The Hall–Kier alpha value is -2.85. The van der Waals surface area contributed by atoms with E-state index in [4.69, 9.17) is 14.9 Å². The van der Waals surface area contributed by atoms with E-state index in [1.165, 1.54) is 6.92 Å². The van der Waals surface area contributed by atoms with E-state index in [0.29, 0.717) is 0 Å². The fourth-order valence-electron chi connectivity index (χ4n) is 1.47. The number of hydrogen-bond acceptors (Lipinski definition) is 6. The molecule has 0 bridgehead atoms. The standard InChI is InChI=1S/C14H23N3O8/c1-7(12(22)23)16-11(21)8(5-10(19)20)17-9(18)6-15-13(24)25-14(2,3)4/h7-8H,5-6H2,1-4H3,(H,15,24)(H,16,21)(H,17,18)(H,19,20)(H,22,23). The van der Waals surface area contributed by atoms with Crippen molar-refractivity contribution in [1.29, 1.82) is 0 Å². The second-order valence-electron chi connectivity index (χ2n) is 6.14. The van der Waals surface area contributed by atoms with Crippen molar-refractivity contribution in [2.45, 2.75) is 51.8 Å². The minimum absolute atomic E-state index is 0.549. The molecule has 0 heterocycles. The van der Waals surface area contributed by atoms with Crippen LogP contribution in [0.15, 0.2) is 0 Å². The first-order valence-corrected chi connectivity index (χ1v) is 7.33. The van der Waals surface area contributed by atoms with Crippen LogP contribution in [0.3, 0.4) is 0 Å². The van der Waals surface area contributed by atoms with Crippen LogP contribution in [0.4, 0.5) is 4.79 Å². The summed E-state index contributed by atoms with van der Waals surface area (Å²) in [4.78, 5) is 56.6. The first-order valence-electron chi connectivity index (χ1n) is 7.33. The van der Waals surface area contributed by atoms with Gasteiger partial charge in [-0.05, 0) is 27.7 Å². The lowest BCUT2D eigenvalue weighted by Gasteiger charge is -2.20. The summed E-state index contributed by atoms with van der Waals surface area (Å²) in [7, 11) is 0. The van der Waals surface area contributed by atoms with Crippen molar-refractivity contribution in [2.24, 2.45) is 0 Å². The summed E-state index contributed by atoms with van der Waals surface area (Å²) in [6.07, 6.45) is -1.61. The van der Waals surface area contributed by atoms with Gasteiger partial charge in [-0.1, -0.05) is 0 Å². The Bertz CT molecular complexity index is 541. The van der Waals surface area contributed by atoms with Gasteiger partial charge in [-0.15, -0.1) is 0 Å². The zero-order valence-electron chi connectivity index (χ0n) is 14.4. The largest absolute Gasteiger partial charge is 0.481 e. The molecule has 0 radical (unpaired) electrons. The molecule has 0 aliphatic heterocycles. The predicted molar refractivity (Wildman–Crippen MR) is 83.7 cm³/mol. The molecule has 11 nitrogen and oxygen atoms in total. The number of carbonyl (C=O) groups is 5. The summed E-state index contributed by atoms with van der Waals surface area (Å²) < 4.78 is 4.92. The van der Waals surface area contributed by atoms with Crippen LogP contribution in [0.5, 0.6) is 0 Å². The number of ether oxygens (including phenoxy) is 1. The van der Waals surface area contributed by atoms with Crippen LogP contribution in [0.2, 0.25) is 0 Å². The van der Waals surface area contributed by atoms with Gasteiger partial charge in [0.25, 0.3) is 0 Å². The van der Waals surface area contributed by atoms with Crippen molar-refractivity contribution in [2.75, 3.05) is 6.54 Å². The first kappa shape index (κ1) is 22.1. The monoisotopic (exact) mass is 361 g/mol. The molecular weight excluding hydrogens is 338 g/mol. The molecule has 3 amide bonds. The second kappa shape index (κ2) is 9.45. The van der Waals surface area contributed by atoms with Gasteiger partial charge in [0.15, 0.2) is 0 Å². The molecule has 0 aliphatic rings. The summed E-state index contributed by atoms with van der Waals surface area (Å²) in [5.74, 6) is -4.50. The second-order valence-corrected chi connectivity index (χ2v) is 6.14. The smallest absolute Gasteiger partial charge is 0.408 e. The van der Waals surface area contributed by atoms with Crippen molar-refractivity contribution in [3.63, 3.8) is 0 Å². The van der Waals surface area contributed by atoms with Gasteiger partial charge >= 0.3 is 18.0 Å². The topological polar surface area (TPSA) is 171 Å². The molecule has 0 spiro atoms. The van der Waals surface area contributed by atoms with Crippen molar-refractivity contribution < 1.29 is 38.9 Å². The quantitative estimate of drug-likeness (QED) is 0.368. The number of hydrogen-bond donors (Lipinski definition) is 5. The number of carboxylic acid groups (broad SMARTS) is 2. The van der Waals surface area contributed by atoms with Gasteiger partial charge in [0.2, 0.25) is 11.8 Å². The molecule has 0 aromatic heterocycles. The lowest BCUT2D eigenvalue weighted by Crippen LogP contribution is -2.53. The van der Waals surface area contributed by atoms with E-state index in [9.17, 15) is 24.0 Å². The highest BCUT2D eigenvalue weighted by molar-refractivity contribution is 5.93. The van der Waals surface area contributed by atoms with Gasteiger partial charge in [0.1, 0.15) is 24.2 Å². The number of amides is 3. The van der Waals surface area contributed by atoms with Crippen LogP contribution in [0, 0.1) is 0 Å². The molecule has 0 saturated carbocycles. The van der Waals surface area contributed by atoms with Gasteiger partial charge in [0.05, 0.1) is 6.42 Å². The Labute approximate surface area is 144 Å². The maximum absolute atomic E-state index is 11.9. The molecule has 0 aromatic rings. The molecule has 0 rings (SSSR count). The zero-order chi connectivity index (χ0) is 19.8. The Balaban J connectivity index is 4.67. The summed E-state index contributed by atoms with van der Waals surface area (Å²) >= 11 is 0. The Morgan fingerprint density at radius 2 is 1.60 bits per heavy atom. The third-order valence-corrected chi connectivity index (χ3v) is 2.55. The fourth-order valence-corrected chi connectivity index (χ4v) is 1.47. The van der Waals surface area contributed by atoms with Crippen LogP contribution in [-0.4, -0.2) is 64.3 Å². The van der Waals surface area contributed by atoms with Gasteiger partial charge < -0.3 is 30.9 Å². The summed E-state index contributed by atoms with van der Waals surface area (Å²) in [6, 6.07) is -2.76. The van der Waals surface area contributed by atoms with Crippen molar-refractivity contribution in [3.05, 3.63) is 0 Å². The van der Waals surface area contributed by atoms with Gasteiger partial charge in [-0.3, -0.25) is 19.2 Å². The van der Waals surface area contributed by atoms with E-state index in [1.54, 1.807) is 20.8 Å². The van der Waals surface area contributed by atoms with E-state index >= 15 is 0 Å². The highest BCUT2D eigenvalue weighted by Crippen LogP contribution is 2.06. The molecule has 0 aliphatic carbocycles. The summed E-state index contributed by atoms with van der Waals surface area (Å²) in [5.41, 5.74) is -0.765. The number of aliphatic carboxylic acids is 2. The summed E-state index contributed by atoms with van der Waals surface area (Å²) in [5, 5.41) is 23.9. The van der Waals surface area contributed by atoms with Gasteiger partial charge in [-0.25, -0.2) is 4.79 Å². The van der Waals surface area contributed by atoms with E-state index in [0.717, 1.165) is 0 Å². The van der Waals surface area contributed by atoms with E-state index in [1.807, 2.05) is 0 Å². The van der Waals surface area contributed by atoms with Crippen molar-refractivity contribution in [3.8, 4) is 0 Å². The van der Waals surface area contributed by atoms with E-state index in [2.05, 4.69) is 16.0 Å². The normalized spacial score (nSPS) is 13.1. The molecule has 2 unspecified atom stereocenters. The number of alkyl carbamates (subject to hydrolysis) is 1. The molecule has 11 heteroatoms. The number of carbonyl (C=O) groups excluding carboxylic acids is 3. The molecule has 25 heavy (non-hydrogen) atoms. The minimum atomic E-state index is -1.49. The molecular formula is C14H23N3O8.